The summed E-state index contributed by atoms with van der Waals surface area (Å²) in [4.78, 5) is 34.0. The van der Waals surface area contributed by atoms with Crippen LogP contribution in [0.1, 0.15) is 35.5 Å². The van der Waals surface area contributed by atoms with Gasteiger partial charge in [-0.05, 0) is 37.8 Å². The Morgan fingerprint density at radius 1 is 1.38 bits per heavy atom. The summed E-state index contributed by atoms with van der Waals surface area (Å²) in [5.74, 6) is 2.18. The van der Waals surface area contributed by atoms with Crippen molar-refractivity contribution < 1.29 is 4.79 Å². The zero-order valence-corrected chi connectivity index (χ0v) is 16.9. The minimum absolute atomic E-state index is 0. The fraction of sp³-hybridized carbons (Fsp3) is 0.588. The van der Waals surface area contributed by atoms with Crippen molar-refractivity contribution >= 4 is 51.6 Å². The number of hydrogen-bond acceptors (Lipinski definition) is 6. The molecule has 3 heterocycles. The van der Waals surface area contributed by atoms with E-state index < -0.39 is 0 Å². The van der Waals surface area contributed by atoms with Crippen LogP contribution in [0.4, 0.5) is 0 Å². The molecular formula is C17H23ClN4O2S2. The van der Waals surface area contributed by atoms with Gasteiger partial charge < -0.3 is 15.6 Å². The summed E-state index contributed by atoms with van der Waals surface area (Å²) in [5, 5.41) is 7.09. The quantitative estimate of drug-likeness (QED) is 0.629. The largest absolute Gasteiger partial charge is 0.352 e. The number of aromatic nitrogens is 2. The number of aryl methyl sites for hydroxylation is 2. The average molecular weight is 415 g/mol. The third kappa shape index (κ3) is 4.24. The van der Waals surface area contributed by atoms with Gasteiger partial charge in [-0.3, -0.25) is 9.59 Å². The molecule has 3 N–H and O–H groups in total. The molecule has 1 aliphatic carbocycles. The van der Waals surface area contributed by atoms with E-state index in [4.69, 9.17) is 0 Å². The van der Waals surface area contributed by atoms with E-state index in [0.29, 0.717) is 18.0 Å². The number of thioether (sulfide) groups is 1. The van der Waals surface area contributed by atoms with Crippen LogP contribution in [0.3, 0.4) is 0 Å². The van der Waals surface area contributed by atoms with Crippen LogP contribution in [-0.2, 0) is 23.4 Å². The number of fused-ring (bicyclic) bond motifs is 3. The van der Waals surface area contributed by atoms with Crippen LogP contribution in [0.25, 0.3) is 10.2 Å². The number of nitrogens with zero attached hydrogens (tertiary/aromatic N) is 1. The van der Waals surface area contributed by atoms with E-state index in [2.05, 4.69) is 20.6 Å². The van der Waals surface area contributed by atoms with Crippen LogP contribution < -0.4 is 16.2 Å². The molecule has 2 aromatic rings. The molecule has 1 saturated heterocycles. The lowest BCUT2D eigenvalue weighted by Crippen LogP contribution is -2.36. The number of thiophene rings is 1. The van der Waals surface area contributed by atoms with Gasteiger partial charge in [-0.1, -0.05) is 0 Å². The Labute approximate surface area is 166 Å². The second kappa shape index (κ2) is 8.73. The molecule has 1 amide bonds. The maximum atomic E-state index is 12.4. The van der Waals surface area contributed by atoms with E-state index in [9.17, 15) is 9.59 Å². The van der Waals surface area contributed by atoms with Gasteiger partial charge in [0.25, 0.3) is 5.56 Å². The number of halogens is 1. The minimum atomic E-state index is -0.00789. The maximum Gasteiger partial charge on any atom is 0.259 e. The Balaban J connectivity index is 0.00000196. The van der Waals surface area contributed by atoms with Crippen molar-refractivity contribution in [2.75, 3.05) is 18.8 Å². The van der Waals surface area contributed by atoms with E-state index in [1.807, 2.05) is 0 Å². The molecule has 1 aliphatic heterocycles. The number of rotatable bonds is 6. The number of nitrogens with one attached hydrogen (secondary N) is 3. The van der Waals surface area contributed by atoms with E-state index >= 15 is 0 Å². The number of carbonyl (C=O) groups excluding carboxylic acids is 1. The Kier molecular flexibility index (Phi) is 6.60. The van der Waals surface area contributed by atoms with Crippen LogP contribution >= 0.6 is 35.5 Å². The molecule has 2 aliphatic rings. The van der Waals surface area contributed by atoms with Gasteiger partial charge in [-0.25, -0.2) is 4.98 Å². The molecule has 26 heavy (non-hydrogen) atoms. The molecule has 0 aromatic carbocycles. The maximum absolute atomic E-state index is 12.4. The van der Waals surface area contributed by atoms with Gasteiger partial charge in [0.15, 0.2) is 0 Å². The number of H-pyrrole nitrogens is 1. The van der Waals surface area contributed by atoms with Gasteiger partial charge in [0.2, 0.25) is 5.91 Å². The molecule has 1 unspecified atom stereocenters. The molecule has 0 spiro atoms. The topological polar surface area (TPSA) is 86.9 Å². The Morgan fingerprint density at radius 2 is 2.27 bits per heavy atom. The van der Waals surface area contributed by atoms with E-state index in [1.54, 1.807) is 23.1 Å². The van der Waals surface area contributed by atoms with Gasteiger partial charge in [0.1, 0.15) is 10.7 Å². The fourth-order valence-electron chi connectivity index (χ4n) is 3.53. The van der Waals surface area contributed by atoms with Crippen molar-refractivity contribution in [3.63, 3.8) is 0 Å². The molecule has 142 valence electrons. The molecular weight excluding hydrogens is 392 g/mol. The van der Waals surface area contributed by atoms with Crippen LogP contribution in [-0.4, -0.2) is 40.8 Å². The molecule has 0 radical (unpaired) electrons. The first-order valence-corrected chi connectivity index (χ1v) is 10.8. The lowest BCUT2D eigenvalue weighted by atomic mass is 10.2. The van der Waals surface area contributed by atoms with Crippen LogP contribution in [0.2, 0.25) is 0 Å². The van der Waals surface area contributed by atoms with Crippen molar-refractivity contribution in [1.82, 2.24) is 20.6 Å². The number of aromatic amines is 1. The third-order valence-electron chi connectivity index (χ3n) is 4.76. The van der Waals surface area contributed by atoms with E-state index in [-0.39, 0.29) is 29.9 Å². The van der Waals surface area contributed by atoms with Gasteiger partial charge in [-0.15, -0.1) is 23.7 Å². The van der Waals surface area contributed by atoms with E-state index in [1.165, 1.54) is 10.4 Å². The normalized spacial score (nSPS) is 18.7. The zero-order chi connectivity index (χ0) is 17.2. The highest BCUT2D eigenvalue weighted by Gasteiger charge is 2.21. The van der Waals surface area contributed by atoms with Gasteiger partial charge >= 0.3 is 0 Å². The molecule has 9 heteroatoms. The molecule has 4 rings (SSSR count). The first kappa shape index (κ1) is 19.7. The predicted octanol–water partition coefficient (Wildman–Crippen LogP) is 2.00. The first-order chi connectivity index (χ1) is 12.2. The standard InChI is InChI=1S/C17H22N4O2S2.ClH/c22-14(19-10-4-6-18-8-10)5-7-24-9-13-20-16(23)15-11-2-1-3-12(11)25-17(15)21-13;/h10,18H,1-9H2,(H,19,22)(H,20,21,23);1H. The Bertz CT molecular complexity index is 845. The summed E-state index contributed by atoms with van der Waals surface area (Å²) in [7, 11) is 0. The van der Waals surface area contributed by atoms with Crippen LogP contribution in [0, 0.1) is 0 Å². The van der Waals surface area contributed by atoms with Crippen molar-refractivity contribution in [1.29, 1.82) is 0 Å². The number of carbonyl (C=O) groups is 1. The van der Waals surface area contributed by atoms with Gasteiger partial charge in [0.05, 0.1) is 11.1 Å². The summed E-state index contributed by atoms with van der Waals surface area (Å²) in [5.41, 5.74) is 1.21. The van der Waals surface area contributed by atoms with Crippen molar-refractivity contribution in [2.24, 2.45) is 0 Å². The highest BCUT2D eigenvalue weighted by atomic mass is 35.5. The van der Waals surface area contributed by atoms with Crippen LogP contribution in [0.15, 0.2) is 4.79 Å². The second-order valence-corrected chi connectivity index (χ2v) is 8.80. The monoisotopic (exact) mass is 414 g/mol. The van der Waals surface area contributed by atoms with Gasteiger partial charge in [-0.2, -0.15) is 11.8 Å². The minimum Gasteiger partial charge on any atom is -0.352 e. The zero-order valence-electron chi connectivity index (χ0n) is 14.4. The van der Waals surface area contributed by atoms with Crippen molar-refractivity contribution in [2.45, 2.75) is 43.9 Å². The van der Waals surface area contributed by atoms with E-state index in [0.717, 1.165) is 54.7 Å². The summed E-state index contributed by atoms with van der Waals surface area (Å²) >= 11 is 3.30. The molecule has 1 fully saturated rings. The Morgan fingerprint density at radius 3 is 3.08 bits per heavy atom. The molecule has 2 aromatic heterocycles. The highest BCUT2D eigenvalue weighted by Crippen LogP contribution is 2.34. The summed E-state index contributed by atoms with van der Waals surface area (Å²) in [6, 6.07) is 0.277. The fourth-order valence-corrected chi connectivity index (χ4v) is 5.61. The first-order valence-electron chi connectivity index (χ1n) is 8.82. The highest BCUT2D eigenvalue weighted by molar-refractivity contribution is 7.98. The smallest absolute Gasteiger partial charge is 0.259 e. The number of amides is 1. The summed E-state index contributed by atoms with van der Waals surface area (Å²) < 4.78 is 0. The molecule has 0 saturated carbocycles. The molecule has 6 nitrogen and oxygen atoms in total. The van der Waals surface area contributed by atoms with Gasteiger partial charge in [0, 0.05) is 29.6 Å². The predicted molar refractivity (Wildman–Crippen MR) is 110 cm³/mol. The lowest BCUT2D eigenvalue weighted by Gasteiger charge is -2.10. The average Bonchev–Trinajstić information content (AvgIpc) is 3.28. The lowest BCUT2D eigenvalue weighted by molar-refractivity contribution is -0.121. The number of hydrogen-bond donors (Lipinski definition) is 3. The Hall–Kier alpha value is -1.09. The molecule has 0 bridgehead atoms. The second-order valence-electron chi connectivity index (χ2n) is 6.61. The van der Waals surface area contributed by atoms with Crippen molar-refractivity contribution in [3.05, 3.63) is 26.6 Å². The third-order valence-corrected chi connectivity index (χ3v) is 6.92. The van der Waals surface area contributed by atoms with Crippen molar-refractivity contribution in [3.8, 4) is 0 Å². The summed E-state index contributed by atoms with van der Waals surface area (Å²) in [6.07, 6.45) is 4.73. The van der Waals surface area contributed by atoms with Crippen LogP contribution in [0.5, 0.6) is 0 Å². The SMILES string of the molecule is Cl.O=C(CCSCc1nc2sc3c(c2c(=O)[nH]1)CCC3)NC1CCNC1. The molecule has 1 atom stereocenters. The summed E-state index contributed by atoms with van der Waals surface area (Å²) in [6.45, 7) is 1.85.